The molecule has 0 radical (unpaired) electrons. The summed E-state index contributed by atoms with van der Waals surface area (Å²) in [6, 6.07) is 50.3. The molecule has 0 saturated heterocycles. The van der Waals surface area contributed by atoms with E-state index in [0.717, 1.165) is 83.6 Å². The number of phenolic OH excluding ortho intramolecular Hbond substituents is 1. The zero-order chi connectivity index (χ0) is 45.9. The Morgan fingerprint density at radius 3 is 1.87 bits per heavy atom. The number of pyridine rings is 1. The van der Waals surface area contributed by atoms with Gasteiger partial charge in [-0.25, -0.2) is 4.98 Å². The molecule has 62 heavy (non-hydrogen) atoms. The molecule has 0 fully saturated rings. The minimum Gasteiger partial charge on any atom is -0.507 e. The molecule has 4 nitrogen and oxygen atoms in total. The summed E-state index contributed by atoms with van der Waals surface area (Å²) in [4.78, 5) is 10.5. The van der Waals surface area contributed by atoms with Gasteiger partial charge in [-0.3, -0.25) is 9.55 Å². The fourth-order valence-electron chi connectivity index (χ4n) is 8.63. The Morgan fingerprint density at radius 2 is 1.18 bits per heavy atom. The Bertz CT molecular complexity index is 3260. The molecule has 1 N–H and O–H groups in total. The lowest BCUT2D eigenvalue weighted by Crippen LogP contribution is -2.17. The lowest BCUT2D eigenvalue weighted by molar-refractivity contribution is 0.446. The van der Waals surface area contributed by atoms with E-state index < -0.39 is 0 Å². The molecule has 0 aliphatic heterocycles. The molecule has 0 aliphatic rings. The van der Waals surface area contributed by atoms with E-state index in [4.69, 9.17) is 14.1 Å². The van der Waals surface area contributed by atoms with Crippen LogP contribution in [0.3, 0.4) is 0 Å². The number of imidazole rings is 1. The van der Waals surface area contributed by atoms with Gasteiger partial charge in [0.25, 0.3) is 0 Å². The highest BCUT2D eigenvalue weighted by Gasteiger charge is 2.29. The minimum absolute atomic E-state index is 0.0617. The molecule has 9 rings (SSSR count). The molecule has 7 aromatic carbocycles. The van der Waals surface area contributed by atoms with Crippen molar-refractivity contribution in [3.05, 3.63) is 192 Å². The van der Waals surface area contributed by atoms with E-state index in [9.17, 15) is 5.11 Å². The number of fused-ring (bicyclic) bond motifs is 1. The summed E-state index contributed by atoms with van der Waals surface area (Å²) < 4.78 is 27.8. The third-order valence-corrected chi connectivity index (χ3v) is 11.9. The average molecular weight is 811 g/mol. The Labute approximate surface area is 370 Å². The van der Waals surface area contributed by atoms with Crippen LogP contribution in [-0.2, 0) is 10.8 Å². The Hall–Kier alpha value is -7.04. The van der Waals surface area contributed by atoms with E-state index in [-0.39, 0.29) is 34.7 Å². The van der Waals surface area contributed by atoms with Crippen molar-refractivity contribution in [2.75, 3.05) is 0 Å². The summed E-state index contributed by atoms with van der Waals surface area (Å²) in [6.45, 7) is 16.7. The van der Waals surface area contributed by atoms with Gasteiger partial charge in [-0.2, -0.15) is 0 Å². The summed E-state index contributed by atoms with van der Waals surface area (Å²) in [6.07, 6.45) is 1.78. The van der Waals surface area contributed by atoms with Crippen LogP contribution in [0.2, 0.25) is 0 Å². The van der Waals surface area contributed by atoms with E-state index >= 15 is 0 Å². The summed E-state index contributed by atoms with van der Waals surface area (Å²) >= 11 is 0. The van der Waals surface area contributed by atoms with Gasteiger partial charge in [0.2, 0.25) is 0 Å². The summed E-state index contributed by atoms with van der Waals surface area (Å²) in [5, 5.41) is 12.5. The van der Waals surface area contributed by atoms with Crippen molar-refractivity contribution in [2.24, 2.45) is 0 Å². The number of hydrogen-bond donors (Lipinski definition) is 1. The Morgan fingerprint density at radius 1 is 0.548 bits per heavy atom. The van der Waals surface area contributed by atoms with Crippen molar-refractivity contribution in [1.82, 2.24) is 14.5 Å². The Kier molecular flexibility index (Phi) is 9.36. The molecule has 0 unspecified atom stereocenters. The van der Waals surface area contributed by atoms with Crippen LogP contribution < -0.4 is 0 Å². The number of aromatic nitrogens is 3. The van der Waals surface area contributed by atoms with E-state index in [1.807, 2.05) is 50.2 Å². The monoisotopic (exact) mass is 810 g/mol. The maximum absolute atomic E-state index is 12.5. The molecule has 0 atom stereocenters. The lowest BCUT2D eigenvalue weighted by Gasteiger charge is -2.27. The van der Waals surface area contributed by atoms with Gasteiger partial charge in [-0.1, -0.05) is 157 Å². The first-order valence-corrected chi connectivity index (χ1v) is 21.3. The molecule has 2 heterocycles. The first-order valence-electron chi connectivity index (χ1n) is 22.8. The van der Waals surface area contributed by atoms with Gasteiger partial charge in [-0.15, -0.1) is 0 Å². The molecular formula is C58H53N3O. The predicted molar refractivity (Wildman–Crippen MR) is 260 cm³/mol. The SMILES string of the molecule is [2H]c1c([2H])c(C)c(-c2ccnc(-c3cc(-c4ccccc4)cc(-c4cccc5c4nc(-c4cc(C(C)(C)C)cc(C(C)(C)C)c4O)n5-c4ccccc4-c4ccccc4)c3)c2)c(C)c1[2H]. The maximum atomic E-state index is 12.5. The number of nitrogens with zero attached hydrogens (tertiary/aromatic N) is 3. The number of aromatic hydroxyl groups is 1. The second-order valence-electron chi connectivity index (χ2n) is 18.3. The van der Waals surface area contributed by atoms with Gasteiger partial charge < -0.3 is 5.11 Å². The summed E-state index contributed by atoms with van der Waals surface area (Å²) in [5.41, 5.74) is 15.4. The lowest BCUT2D eigenvalue weighted by atomic mass is 9.79. The average Bonchev–Trinajstić information content (AvgIpc) is 3.69. The number of hydrogen-bond acceptors (Lipinski definition) is 3. The van der Waals surface area contributed by atoms with Gasteiger partial charge in [0.05, 0.1) is 32.1 Å². The van der Waals surface area contributed by atoms with Gasteiger partial charge in [0, 0.05) is 28.5 Å². The van der Waals surface area contributed by atoms with Crippen molar-refractivity contribution >= 4 is 11.0 Å². The first kappa shape index (κ1) is 36.8. The van der Waals surface area contributed by atoms with Crippen molar-refractivity contribution in [1.29, 1.82) is 0 Å². The van der Waals surface area contributed by atoms with Crippen LogP contribution in [0.4, 0.5) is 0 Å². The van der Waals surface area contributed by atoms with E-state index in [1.54, 1.807) is 6.20 Å². The molecule has 306 valence electrons. The second-order valence-corrected chi connectivity index (χ2v) is 18.3. The van der Waals surface area contributed by atoms with Crippen LogP contribution in [0, 0.1) is 13.8 Å². The van der Waals surface area contributed by atoms with Crippen molar-refractivity contribution in [3.8, 4) is 78.6 Å². The highest BCUT2D eigenvalue weighted by atomic mass is 16.3. The molecule has 0 bridgehead atoms. The van der Waals surface area contributed by atoms with Crippen molar-refractivity contribution < 1.29 is 9.22 Å². The summed E-state index contributed by atoms with van der Waals surface area (Å²) in [7, 11) is 0. The van der Waals surface area contributed by atoms with Crippen molar-refractivity contribution in [2.45, 2.75) is 66.2 Å². The molecule has 0 spiro atoms. The molecule has 0 amide bonds. The van der Waals surface area contributed by atoms with Crippen LogP contribution in [0.25, 0.3) is 83.9 Å². The Balaban J connectivity index is 1.34. The molecule has 4 heteroatoms. The van der Waals surface area contributed by atoms with E-state index in [2.05, 4.69) is 155 Å². The standard InChI is InChI=1S/C58H53N3O/c1-37-19-17-20-38(2)53(37)41-29-30-59-50(34-41)44-32-42(39-21-11-9-12-22-39)31-43(33-44)47-26-18-28-52-54(47)60-56(48-35-45(57(3,4)5)36-49(55(48)62)58(6,7)8)61(52)51-27-16-15-25-46(51)40-23-13-10-14-24-40/h9-36,62H,1-8H3/i17D,19D,20D. The predicted octanol–water partition coefficient (Wildman–Crippen LogP) is 15.3. The normalized spacial score (nSPS) is 12.6. The van der Waals surface area contributed by atoms with Crippen LogP contribution >= 0.6 is 0 Å². The zero-order valence-electron chi connectivity index (χ0n) is 39.7. The number of rotatable bonds is 7. The van der Waals surface area contributed by atoms with Crippen LogP contribution in [0.5, 0.6) is 5.75 Å². The quantitative estimate of drug-likeness (QED) is 0.174. The topological polar surface area (TPSA) is 50.9 Å². The third-order valence-electron chi connectivity index (χ3n) is 11.9. The van der Waals surface area contributed by atoms with Gasteiger partial charge in [0.15, 0.2) is 0 Å². The number of para-hydroxylation sites is 2. The maximum Gasteiger partial charge on any atom is 0.149 e. The fourth-order valence-corrected chi connectivity index (χ4v) is 8.63. The molecule has 2 aromatic heterocycles. The zero-order valence-corrected chi connectivity index (χ0v) is 36.7. The summed E-state index contributed by atoms with van der Waals surface area (Å²) in [5.74, 6) is 0.865. The highest BCUT2D eigenvalue weighted by Crippen LogP contribution is 2.46. The molecular weight excluding hydrogens is 755 g/mol. The molecule has 0 aliphatic carbocycles. The van der Waals surface area contributed by atoms with Gasteiger partial charge in [-0.05, 0) is 123 Å². The van der Waals surface area contributed by atoms with Gasteiger partial charge in [0.1, 0.15) is 11.6 Å². The van der Waals surface area contributed by atoms with E-state index in [1.165, 1.54) is 0 Å². The number of phenols is 1. The smallest absolute Gasteiger partial charge is 0.149 e. The molecule has 0 saturated carbocycles. The highest BCUT2D eigenvalue weighted by molar-refractivity contribution is 5.98. The van der Waals surface area contributed by atoms with Gasteiger partial charge >= 0.3 is 0 Å². The van der Waals surface area contributed by atoms with Crippen molar-refractivity contribution in [3.63, 3.8) is 0 Å². The van der Waals surface area contributed by atoms with E-state index in [0.29, 0.717) is 22.5 Å². The van der Waals surface area contributed by atoms with Crippen LogP contribution in [-0.4, -0.2) is 19.6 Å². The third kappa shape index (κ3) is 7.51. The minimum atomic E-state index is -0.348. The molecule has 9 aromatic rings. The first-order chi connectivity index (χ1) is 31.0. The largest absolute Gasteiger partial charge is 0.507 e. The number of benzene rings is 7. The van der Waals surface area contributed by atoms with Crippen LogP contribution in [0.1, 0.15) is 67.9 Å². The second kappa shape index (κ2) is 15.8. The fraction of sp³-hybridized carbons (Fsp3) is 0.172. The van der Waals surface area contributed by atoms with Crippen LogP contribution in [0.15, 0.2) is 170 Å².